The van der Waals surface area contributed by atoms with E-state index in [0.29, 0.717) is 9.04 Å². The number of nitrogens with zero attached hydrogens (tertiary/aromatic N) is 2. The van der Waals surface area contributed by atoms with Crippen molar-refractivity contribution in [1.82, 2.24) is 9.55 Å². The number of para-hydroxylation sites is 1. The maximum Gasteiger partial charge on any atom is 0.412 e. The van der Waals surface area contributed by atoms with Gasteiger partial charge in [-0.05, 0) is 28.1 Å². The lowest BCUT2D eigenvalue weighted by atomic mass is 10.3. The number of fused-ring (bicyclic) bond motifs is 1. The number of nitrogens with two attached hydrogens (primary N) is 1. The number of carbonyl (C=O) groups is 1. The Morgan fingerprint density at radius 2 is 2.24 bits per heavy atom. The number of aromatic nitrogens is 2. The van der Waals surface area contributed by atoms with Crippen molar-refractivity contribution >= 4 is 33.1 Å². The molecule has 2 N–H and O–H groups in total. The molecule has 1 aromatic heterocycles. The molecule has 0 fully saturated rings. The van der Waals surface area contributed by atoms with Gasteiger partial charge in [-0.3, -0.25) is 0 Å². The van der Waals surface area contributed by atoms with Crippen molar-refractivity contribution in [2.24, 2.45) is 5.73 Å². The van der Waals surface area contributed by atoms with Crippen LogP contribution in [0.5, 0.6) is 6.01 Å². The summed E-state index contributed by atoms with van der Waals surface area (Å²) in [5, 5.41) is 0. The molecule has 1 amide bonds. The van der Waals surface area contributed by atoms with Crippen LogP contribution in [0, 0.1) is 0 Å². The Morgan fingerprint density at radius 3 is 2.82 bits per heavy atom. The van der Waals surface area contributed by atoms with Crippen LogP contribution in [-0.2, 0) is 0 Å². The number of imidazole rings is 1. The van der Waals surface area contributed by atoms with E-state index in [9.17, 15) is 13.6 Å². The predicted octanol–water partition coefficient (Wildman–Crippen LogP) is 2.65. The number of primary amides is 1. The van der Waals surface area contributed by atoms with Crippen LogP contribution in [0.15, 0.2) is 22.7 Å². The molecule has 1 heterocycles. The van der Waals surface area contributed by atoms with Crippen LogP contribution in [-0.4, -0.2) is 15.6 Å². The summed E-state index contributed by atoms with van der Waals surface area (Å²) in [6.07, 6.45) is -1.20. The van der Waals surface area contributed by atoms with Crippen LogP contribution in [0.25, 0.3) is 11.0 Å². The minimum Gasteiger partial charge on any atom is -0.375 e. The zero-order valence-electron chi connectivity index (χ0n) is 8.23. The quantitative estimate of drug-likeness (QED) is 0.927. The highest BCUT2D eigenvalue weighted by molar-refractivity contribution is 9.10. The maximum absolute atomic E-state index is 12.8. The van der Waals surface area contributed by atoms with Gasteiger partial charge in [-0.2, -0.15) is 13.8 Å². The summed E-state index contributed by atoms with van der Waals surface area (Å²) < 4.78 is 31.1. The molecular weight excluding hydrogens is 300 g/mol. The second-order valence-electron chi connectivity index (χ2n) is 3.07. The first-order valence-electron chi connectivity index (χ1n) is 4.42. The smallest absolute Gasteiger partial charge is 0.375 e. The van der Waals surface area contributed by atoms with E-state index in [1.165, 1.54) is 6.07 Å². The summed E-state index contributed by atoms with van der Waals surface area (Å²) in [6, 6.07) is 4.11. The van der Waals surface area contributed by atoms with Crippen LogP contribution in [0.4, 0.5) is 13.6 Å². The average molecular weight is 306 g/mol. The van der Waals surface area contributed by atoms with E-state index >= 15 is 0 Å². The molecule has 0 aliphatic carbocycles. The van der Waals surface area contributed by atoms with E-state index in [4.69, 9.17) is 5.73 Å². The maximum atomic E-state index is 12.8. The lowest BCUT2D eigenvalue weighted by Crippen LogP contribution is -2.19. The highest BCUT2D eigenvalue weighted by Crippen LogP contribution is 2.31. The monoisotopic (exact) mass is 305 g/mol. The molecule has 8 heteroatoms. The zero-order chi connectivity index (χ0) is 12.6. The van der Waals surface area contributed by atoms with Crippen LogP contribution in [0.3, 0.4) is 0 Å². The number of rotatable bonds is 2. The van der Waals surface area contributed by atoms with E-state index in [0.717, 1.165) is 0 Å². The summed E-state index contributed by atoms with van der Waals surface area (Å²) in [6.45, 7) is -2.89. The number of alkyl halides is 2. The molecule has 0 bridgehead atoms. The number of carbonyl (C=O) groups excluding carboxylic acids is 1. The summed E-state index contributed by atoms with van der Waals surface area (Å²) in [5.74, 6) is 0. The lowest BCUT2D eigenvalue weighted by Gasteiger charge is -2.05. The lowest BCUT2D eigenvalue weighted by molar-refractivity contribution is 0.0665. The van der Waals surface area contributed by atoms with E-state index in [1.54, 1.807) is 12.1 Å². The SMILES string of the molecule is NC(=O)Oc1nc2c(Br)cccc2n1C(F)F. The normalized spacial score (nSPS) is 11.1. The third-order valence-electron chi connectivity index (χ3n) is 2.03. The predicted molar refractivity (Wildman–Crippen MR) is 58.9 cm³/mol. The third-order valence-corrected chi connectivity index (χ3v) is 2.67. The first kappa shape index (κ1) is 11.8. The highest BCUT2D eigenvalue weighted by Gasteiger charge is 2.21. The highest BCUT2D eigenvalue weighted by atomic mass is 79.9. The van der Waals surface area contributed by atoms with Gasteiger partial charge in [0.2, 0.25) is 0 Å². The van der Waals surface area contributed by atoms with Crippen molar-refractivity contribution < 1.29 is 18.3 Å². The molecule has 1 aromatic carbocycles. The number of hydrogen-bond donors (Lipinski definition) is 1. The second kappa shape index (κ2) is 4.28. The number of halogens is 3. The average Bonchev–Trinajstić information content (AvgIpc) is 2.56. The fraction of sp³-hybridized carbons (Fsp3) is 0.111. The van der Waals surface area contributed by atoms with Gasteiger partial charge in [0.25, 0.3) is 0 Å². The Kier molecular flexibility index (Phi) is 2.97. The number of hydrogen-bond acceptors (Lipinski definition) is 3. The molecule has 0 aliphatic heterocycles. The fourth-order valence-electron chi connectivity index (χ4n) is 1.41. The van der Waals surface area contributed by atoms with Crippen LogP contribution < -0.4 is 10.5 Å². The Morgan fingerprint density at radius 1 is 1.53 bits per heavy atom. The summed E-state index contributed by atoms with van der Waals surface area (Å²) in [4.78, 5) is 14.4. The van der Waals surface area contributed by atoms with Crippen molar-refractivity contribution in [3.8, 4) is 6.01 Å². The molecule has 90 valence electrons. The minimum absolute atomic E-state index is 0.144. The third kappa shape index (κ3) is 2.07. The molecule has 2 rings (SSSR count). The van der Waals surface area contributed by atoms with E-state index in [-0.39, 0.29) is 11.0 Å². The molecule has 0 atom stereocenters. The summed E-state index contributed by atoms with van der Waals surface area (Å²) in [5.41, 5.74) is 5.19. The summed E-state index contributed by atoms with van der Waals surface area (Å²) >= 11 is 3.17. The van der Waals surface area contributed by atoms with Crippen molar-refractivity contribution in [3.05, 3.63) is 22.7 Å². The van der Waals surface area contributed by atoms with Crippen molar-refractivity contribution in [1.29, 1.82) is 0 Å². The topological polar surface area (TPSA) is 70.1 Å². The van der Waals surface area contributed by atoms with Crippen LogP contribution >= 0.6 is 15.9 Å². The molecule has 2 aromatic rings. The largest absolute Gasteiger partial charge is 0.412 e. The van der Waals surface area contributed by atoms with Crippen molar-refractivity contribution in [3.63, 3.8) is 0 Å². The Hall–Kier alpha value is -1.70. The second-order valence-corrected chi connectivity index (χ2v) is 3.93. The van der Waals surface area contributed by atoms with Gasteiger partial charge in [-0.1, -0.05) is 6.07 Å². The first-order valence-corrected chi connectivity index (χ1v) is 5.22. The van der Waals surface area contributed by atoms with E-state index in [1.807, 2.05) is 0 Å². The van der Waals surface area contributed by atoms with Crippen LogP contribution in [0.1, 0.15) is 6.55 Å². The Labute approximate surface area is 102 Å². The van der Waals surface area contributed by atoms with Gasteiger partial charge >= 0.3 is 18.7 Å². The fourth-order valence-corrected chi connectivity index (χ4v) is 1.86. The molecule has 0 spiro atoms. The van der Waals surface area contributed by atoms with Crippen molar-refractivity contribution in [2.45, 2.75) is 6.55 Å². The molecule has 5 nitrogen and oxygen atoms in total. The Balaban J connectivity index is 2.70. The molecule has 0 unspecified atom stereocenters. The first-order chi connectivity index (χ1) is 8.00. The number of amides is 1. The number of benzene rings is 1. The standard InChI is InChI=1S/C9H6BrF2N3O2/c10-4-2-1-3-5-6(4)14-9(17-8(13)16)15(5)7(11)12/h1-3,7H,(H2,13,16). The van der Waals surface area contributed by atoms with Gasteiger partial charge < -0.3 is 10.5 Å². The van der Waals surface area contributed by atoms with Gasteiger partial charge in [0, 0.05) is 4.47 Å². The summed E-state index contributed by atoms with van der Waals surface area (Å²) in [7, 11) is 0. The van der Waals surface area contributed by atoms with Gasteiger partial charge in [-0.15, -0.1) is 0 Å². The Bertz CT molecular complexity index is 585. The van der Waals surface area contributed by atoms with Gasteiger partial charge in [0.1, 0.15) is 5.52 Å². The molecule has 17 heavy (non-hydrogen) atoms. The van der Waals surface area contributed by atoms with Crippen LogP contribution in [0.2, 0.25) is 0 Å². The molecular formula is C9H6BrF2N3O2. The molecule has 0 radical (unpaired) electrons. The molecule has 0 saturated carbocycles. The van der Waals surface area contributed by atoms with Gasteiger partial charge in [0.05, 0.1) is 5.52 Å². The van der Waals surface area contributed by atoms with E-state index < -0.39 is 18.7 Å². The molecule has 0 saturated heterocycles. The van der Waals surface area contributed by atoms with Gasteiger partial charge in [-0.25, -0.2) is 9.36 Å². The van der Waals surface area contributed by atoms with Gasteiger partial charge in [0.15, 0.2) is 0 Å². The number of ether oxygens (including phenoxy) is 1. The minimum atomic E-state index is -2.89. The van der Waals surface area contributed by atoms with Crippen molar-refractivity contribution in [2.75, 3.05) is 0 Å². The zero-order valence-corrected chi connectivity index (χ0v) is 9.82. The molecule has 0 aliphatic rings. The van der Waals surface area contributed by atoms with E-state index in [2.05, 4.69) is 25.7 Å².